The van der Waals surface area contributed by atoms with Crippen molar-refractivity contribution in [2.75, 3.05) is 26.4 Å². The number of nitrogens with one attached hydrogen (secondary N) is 1. The monoisotopic (exact) mass is 401 g/mol. The molecule has 0 bridgehead atoms. The standard InChI is InChI=1S/C22H25ClN2O3/c1-2-24-11-5-6-17(24)14-25(22(26)18-7-3-4-8-19(18)23)13-16-9-10-20-21(12-16)28-15-27-20/h3-4,7-10,12,17H,2,5-6,11,13-15H2,1H3/p+1/t17-/m0/s1. The lowest BCUT2D eigenvalue weighted by molar-refractivity contribution is -0.909. The largest absolute Gasteiger partial charge is 0.454 e. The zero-order valence-electron chi connectivity index (χ0n) is 16.1. The van der Waals surface area contributed by atoms with E-state index in [2.05, 4.69) is 6.92 Å². The number of hydrogen-bond acceptors (Lipinski definition) is 3. The summed E-state index contributed by atoms with van der Waals surface area (Å²) in [5.41, 5.74) is 1.58. The molecule has 0 aromatic heterocycles. The van der Waals surface area contributed by atoms with E-state index >= 15 is 0 Å². The summed E-state index contributed by atoms with van der Waals surface area (Å²) in [5.74, 6) is 1.47. The van der Waals surface area contributed by atoms with Gasteiger partial charge in [-0.25, -0.2) is 0 Å². The Kier molecular flexibility index (Phi) is 5.74. The van der Waals surface area contributed by atoms with Crippen molar-refractivity contribution in [3.63, 3.8) is 0 Å². The number of amides is 1. The molecule has 0 aliphatic carbocycles. The Balaban J connectivity index is 1.59. The van der Waals surface area contributed by atoms with Gasteiger partial charge in [0.05, 0.1) is 30.2 Å². The van der Waals surface area contributed by atoms with Crippen LogP contribution in [0.1, 0.15) is 35.7 Å². The summed E-state index contributed by atoms with van der Waals surface area (Å²) >= 11 is 6.33. The van der Waals surface area contributed by atoms with Crippen LogP contribution in [0, 0.1) is 0 Å². The van der Waals surface area contributed by atoms with Crippen LogP contribution >= 0.6 is 11.6 Å². The number of quaternary nitrogens is 1. The maximum absolute atomic E-state index is 13.4. The van der Waals surface area contributed by atoms with Crippen LogP contribution in [0.5, 0.6) is 11.5 Å². The van der Waals surface area contributed by atoms with Gasteiger partial charge in [0.15, 0.2) is 11.5 Å². The number of benzene rings is 2. The molecule has 2 aromatic rings. The van der Waals surface area contributed by atoms with Crippen molar-refractivity contribution in [3.05, 3.63) is 58.6 Å². The minimum Gasteiger partial charge on any atom is -0.454 e. The molecule has 2 aromatic carbocycles. The van der Waals surface area contributed by atoms with E-state index in [1.54, 1.807) is 17.0 Å². The molecule has 1 N–H and O–H groups in total. The predicted molar refractivity (Wildman–Crippen MR) is 108 cm³/mol. The molecule has 1 unspecified atom stereocenters. The van der Waals surface area contributed by atoms with Crippen molar-refractivity contribution >= 4 is 17.5 Å². The smallest absolute Gasteiger partial charge is 0.255 e. The molecule has 6 heteroatoms. The predicted octanol–water partition coefficient (Wildman–Crippen LogP) is 2.78. The van der Waals surface area contributed by atoms with Gasteiger partial charge >= 0.3 is 0 Å². The maximum atomic E-state index is 13.4. The Morgan fingerprint density at radius 3 is 2.86 bits per heavy atom. The second-order valence-corrected chi connectivity index (χ2v) is 7.86. The van der Waals surface area contributed by atoms with Crippen LogP contribution in [0.15, 0.2) is 42.5 Å². The first-order valence-electron chi connectivity index (χ1n) is 9.92. The summed E-state index contributed by atoms with van der Waals surface area (Å²) in [6.07, 6.45) is 2.36. The van der Waals surface area contributed by atoms with Crippen molar-refractivity contribution < 1.29 is 19.2 Å². The van der Waals surface area contributed by atoms with Crippen LogP contribution in [-0.4, -0.2) is 43.3 Å². The van der Waals surface area contributed by atoms with Crippen molar-refractivity contribution in [3.8, 4) is 11.5 Å². The Morgan fingerprint density at radius 2 is 2.04 bits per heavy atom. The number of ether oxygens (including phenoxy) is 2. The third-order valence-electron chi connectivity index (χ3n) is 5.72. The lowest BCUT2D eigenvalue weighted by atomic mass is 10.1. The molecule has 1 amide bonds. The molecule has 2 aliphatic rings. The second-order valence-electron chi connectivity index (χ2n) is 7.45. The van der Waals surface area contributed by atoms with Gasteiger partial charge in [0.2, 0.25) is 6.79 Å². The number of halogens is 1. The van der Waals surface area contributed by atoms with Gasteiger partial charge in [-0.3, -0.25) is 4.79 Å². The van der Waals surface area contributed by atoms with Crippen molar-refractivity contribution in [2.45, 2.75) is 32.4 Å². The zero-order chi connectivity index (χ0) is 19.5. The molecule has 0 saturated carbocycles. The topological polar surface area (TPSA) is 43.2 Å². The van der Waals surface area contributed by atoms with Crippen LogP contribution in [0.25, 0.3) is 0 Å². The van der Waals surface area contributed by atoms with E-state index in [1.807, 2.05) is 35.2 Å². The van der Waals surface area contributed by atoms with Gasteiger partial charge in [-0.05, 0) is 36.8 Å². The first-order valence-corrected chi connectivity index (χ1v) is 10.3. The highest BCUT2D eigenvalue weighted by Crippen LogP contribution is 2.33. The van der Waals surface area contributed by atoms with Crippen LogP contribution < -0.4 is 14.4 Å². The summed E-state index contributed by atoms with van der Waals surface area (Å²) in [6.45, 7) is 5.97. The highest BCUT2D eigenvalue weighted by molar-refractivity contribution is 6.33. The van der Waals surface area contributed by atoms with E-state index in [4.69, 9.17) is 21.1 Å². The fraction of sp³-hybridized carbons (Fsp3) is 0.409. The molecule has 1 saturated heterocycles. The number of likely N-dealkylation sites (tertiary alicyclic amines) is 1. The van der Waals surface area contributed by atoms with Crippen molar-refractivity contribution in [1.29, 1.82) is 0 Å². The Bertz CT molecular complexity index is 857. The summed E-state index contributed by atoms with van der Waals surface area (Å²) in [6, 6.07) is 13.6. The van der Waals surface area contributed by atoms with Crippen LogP contribution in [0.3, 0.4) is 0 Å². The Morgan fingerprint density at radius 1 is 1.21 bits per heavy atom. The van der Waals surface area contributed by atoms with Crippen LogP contribution in [-0.2, 0) is 6.54 Å². The first-order chi connectivity index (χ1) is 13.7. The average molecular weight is 402 g/mol. The summed E-state index contributed by atoms with van der Waals surface area (Å²) < 4.78 is 10.9. The highest BCUT2D eigenvalue weighted by atomic mass is 35.5. The number of rotatable bonds is 6. The van der Waals surface area contributed by atoms with E-state index in [-0.39, 0.29) is 12.7 Å². The van der Waals surface area contributed by atoms with Gasteiger partial charge in [0.25, 0.3) is 5.91 Å². The molecular formula is C22H26ClN2O3+. The molecule has 28 heavy (non-hydrogen) atoms. The van der Waals surface area contributed by atoms with Gasteiger partial charge < -0.3 is 19.3 Å². The number of fused-ring (bicyclic) bond motifs is 1. The molecule has 2 heterocycles. The third kappa shape index (κ3) is 3.96. The van der Waals surface area contributed by atoms with Gasteiger partial charge in [0, 0.05) is 19.4 Å². The molecule has 4 rings (SSSR count). The summed E-state index contributed by atoms with van der Waals surface area (Å²) in [7, 11) is 0. The summed E-state index contributed by atoms with van der Waals surface area (Å²) in [5, 5.41) is 0.495. The molecular weight excluding hydrogens is 376 g/mol. The van der Waals surface area contributed by atoms with Crippen molar-refractivity contribution in [2.24, 2.45) is 0 Å². The average Bonchev–Trinajstić information content (AvgIpc) is 3.35. The number of nitrogens with zero attached hydrogens (tertiary/aromatic N) is 1. The second kappa shape index (κ2) is 8.41. The fourth-order valence-electron chi connectivity index (χ4n) is 4.22. The highest BCUT2D eigenvalue weighted by Gasteiger charge is 2.31. The molecule has 0 radical (unpaired) electrons. The number of hydrogen-bond donors (Lipinski definition) is 1. The van der Waals surface area contributed by atoms with E-state index in [9.17, 15) is 4.79 Å². The molecule has 5 nitrogen and oxygen atoms in total. The quantitative estimate of drug-likeness (QED) is 0.809. The van der Waals surface area contributed by atoms with E-state index in [1.165, 1.54) is 13.0 Å². The molecule has 2 aliphatic heterocycles. The van der Waals surface area contributed by atoms with E-state index < -0.39 is 0 Å². The van der Waals surface area contributed by atoms with Crippen LogP contribution in [0.4, 0.5) is 0 Å². The molecule has 2 atom stereocenters. The third-order valence-corrected chi connectivity index (χ3v) is 6.05. The molecule has 148 valence electrons. The fourth-order valence-corrected chi connectivity index (χ4v) is 4.44. The first kappa shape index (κ1) is 19.1. The molecule has 1 fully saturated rings. The van der Waals surface area contributed by atoms with Crippen LogP contribution in [0.2, 0.25) is 5.02 Å². The van der Waals surface area contributed by atoms with E-state index in [0.29, 0.717) is 23.2 Å². The SMILES string of the molecule is CC[NH+]1CCC[C@H]1CN(Cc1ccc2c(c1)OCO2)C(=O)c1ccccc1Cl. The van der Waals surface area contributed by atoms with Crippen molar-refractivity contribution in [1.82, 2.24) is 4.90 Å². The Hall–Kier alpha value is -2.24. The number of likely N-dealkylation sites (N-methyl/N-ethyl adjacent to an activating group) is 1. The van der Waals surface area contributed by atoms with Gasteiger partial charge in [-0.2, -0.15) is 0 Å². The van der Waals surface area contributed by atoms with Gasteiger partial charge in [-0.15, -0.1) is 0 Å². The zero-order valence-corrected chi connectivity index (χ0v) is 16.9. The normalized spacial score (nSPS) is 20.4. The van der Waals surface area contributed by atoms with E-state index in [0.717, 1.165) is 36.6 Å². The lowest BCUT2D eigenvalue weighted by Crippen LogP contribution is -3.14. The van der Waals surface area contributed by atoms with Gasteiger partial charge in [-0.1, -0.05) is 29.8 Å². The molecule has 0 spiro atoms. The van der Waals surface area contributed by atoms with Gasteiger partial charge in [0.1, 0.15) is 6.04 Å². The Labute approximate surface area is 170 Å². The number of carbonyl (C=O) groups is 1. The lowest BCUT2D eigenvalue weighted by Gasteiger charge is -2.29. The minimum atomic E-state index is -0.0226. The maximum Gasteiger partial charge on any atom is 0.255 e. The summed E-state index contributed by atoms with van der Waals surface area (Å²) in [4.78, 5) is 16.9. The number of carbonyl (C=O) groups excluding carboxylic acids is 1. The minimum absolute atomic E-state index is 0.0226.